The number of nitrogens with one attached hydrogen (secondary N) is 1. The molecule has 0 saturated heterocycles. The maximum absolute atomic E-state index is 12.3. The van der Waals surface area contributed by atoms with E-state index in [0.717, 1.165) is 10.8 Å². The van der Waals surface area contributed by atoms with Gasteiger partial charge in [0.25, 0.3) is 5.91 Å². The first kappa shape index (κ1) is 17.0. The molecule has 0 aromatic heterocycles. The summed E-state index contributed by atoms with van der Waals surface area (Å²) in [6.45, 7) is 3.95. The van der Waals surface area contributed by atoms with E-state index in [-0.39, 0.29) is 5.92 Å². The lowest BCUT2D eigenvalue weighted by molar-refractivity contribution is -0.121. The zero-order chi connectivity index (χ0) is 17.0. The fourth-order valence-corrected chi connectivity index (χ4v) is 2.47. The molecule has 0 aliphatic carbocycles. The number of rotatable bonds is 5. The van der Waals surface area contributed by atoms with Gasteiger partial charge in [0.2, 0.25) is 5.91 Å². The highest BCUT2D eigenvalue weighted by molar-refractivity contribution is 6.08. The molecule has 0 aliphatic heterocycles. The summed E-state index contributed by atoms with van der Waals surface area (Å²) in [5.74, 6) is -0.0622. The van der Waals surface area contributed by atoms with Crippen LogP contribution in [0, 0.1) is 5.92 Å². The lowest BCUT2D eigenvalue weighted by atomic mass is 10.0. The van der Waals surface area contributed by atoms with Gasteiger partial charge in [-0.05, 0) is 29.9 Å². The molecule has 0 aliphatic rings. The lowest BCUT2D eigenvalue weighted by Gasteiger charge is -2.14. The molecule has 0 spiro atoms. The normalized spacial score (nSPS) is 12.2. The van der Waals surface area contributed by atoms with Crippen molar-refractivity contribution in [3.8, 4) is 5.75 Å². The Kier molecular flexibility index (Phi) is 5.34. The third-order valence-corrected chi connectivity index (χ3v) is 3.60. The van der Waals surface area contributed by atoms with E-state index in [2.05, 4.69) is 5.32 Å². The maximum Gasteiger partial charge on any atom is 0.258 e. The smallest absolute Gasteiger partial charge is 0.258 e. The van der Waals surface area contributed by atoms with Crippen LogP contribution in [-0.4, -0.2) is 25.0 Å². The number of carbonyl (C=O) groups is 2. The summed E-state index contributed by atoms with van der Waals surface area (Å²) in [5.41, 5.74) is 6.17. The van der Waals surface area contributed by atoms with E-state index < -0.39 is 17.9 Å². The molecule has 0 radical (unpaired) electrons. The molecule has 0 bridgehead atoms. The van der Waals surface area contributed by atoms with Gasteiger partial charge in [0.15, 0.2) is 0 Å². The van der Waals surface area contributed by atoms with Crippen LogP contribution >= 0.6 is 0 Å². The van der Waals surface area contributed by atoms with Crippen molar-refractivity contribution in [3.05, 3.63) is 42.0 Å². The van der Waals surface area contributed by atoms with Gasteiger partial charge in [0.05, 0.1) is 13.2 Å². The topological polar surface area (TPSA) is 81.4 Å². The number of imide groups is 1. The van der Waals surface area contributed by atoms with Crippen LogP contribution in [0.1, 0.15) is 30.6 Å². The molecule has 1 atom stereocenters. The monoisotopic (exact) mass is 314 g/mol. The van der Waals surface area contributed by atoms with Crippen molar-refractivity contribution in [1.82, 2.24) is 5.32 Å². The molecule has 2 aromatic rings. The zero-order valence-corrected chi connectivity index (χ0v) is 13.6. The van der Waals surface area contributed by atoms with Gasteiger partial charge >= 0.3 is 0 Å². The van der Waals surface area contributed by atoms with Gasteiger partial charge in [0, 0.05) is 10.9 Å². The fraction of sp³-hybridized carbons (Fsp3) is 0.333. The second-order valence-electron chi connectivity index (χ2n) is 5.95. The molecule has 0 fully saturated rings. The van der Waals surface area contributed by atoms with Gasteiger partial charge in [-0.15, -0.1) is 0 Å². The van der Waals surface area contributed by atoms with Gasteiger partial charge in [-0.3, -0.25) is 14.9 Å². The summed E-state index contributed by atoms with van der Waals surface area (Å²) in [6, 6.07) is 10.3. The second-order valence-corrected chi connectivity index (χ2v) is 5.95. The van der Waals surface area contributed by atoms with Crippen LogP contribution < -0.4 is 15.8 Å². The standard InChI is InChI=1S/C18H22N2O3/c1-11(2)8-15(19)18(22)20-17(21)13-9-12-6-4-5-7-14(12)16(10-13)23-3/h4-7,9-11,15H,8,19H2,1-3H3,(H,20,21,22)/t15-/m0/s1. The van der Waals surface area contributed by atoms with E-state index in [0.29, 0.717) is 17.7 Å². The molecule has 2 amide bonds. The lowest BCUT2D eigenvalue weighted by Crippen LogP contribution is -2.44. The third kappa shape index (κ3) is 4.07. The van der Waals surface area contributed by atoms with Crippen molar-refractivity contribution < 1.29 is 14.3 Å². The Morgan fingerprint density at radius 1 is 1.22 bits per heavy atom. The Labute approximate surface area is 135 Å². The fourth-order valence-electron chi connectivity index (χ4n) is 2.47. The quantitative estimate of drug-likeness (QED) is 0.888. The van der Waals surface area contributed by atoms with E-state index >= 15 is 0 Å². The molecule has 2 aromatic carbocycles. The van der Waals surface area contributed by atoms with E-state index in [9.17, 15) is 9.59 Å². The van der Waals surface area contributed by atoms with Crippen LogP contribution in [0.15, 0.2) is 36.4 Å². The average molecular weight is 314 g/mol. The second kappa shape index (κ2) is 7.24. The van der Waals surface area contributed by atoms with Crippen molar-refractivity contribution in [2.75, 3.05) is 7.11 Å². The van der Waals surface area contributed by atoms with Crippen LogP contribution in [-0.2, 0) is 4.79 Å². The molecule has 5 heteroatoms. The maximum atomic E-state index is 12.3. The number of hydrogen-bond donors (Lipinski definition) is 2. The minimum Gasteiger partial charge on any atom is -0.496 e. The molecule has 0 heterocycles. The van der Waals surface area contributed by atoms with E-state index in [4.69, 9.17) is 10.5 Å². The number of amides is 2. The molecule has 0 unspecified atom stereocenters. The zero-order valence-electron chi connectivity index (χ0n) is 13.6. The minimum absolute atomic E-state index is 0.284. The number of carbonyl (C=O) groups excluding carboxylic acids is 2. The highest BCUT2D eigenvalue weighted by atomic mass is 16.5. The first-order valence-corrected chi connectivity index (χ1v) is 7.60. The van der Waals surface area contributed by atoms with Gasteiger partial charge < -0.3 is 10.5 Å². The largest absolute Gasteiger partial charge is 0.496 e. The van der Waals surface area contributed by atoms with Crippen LogP contribution in [0.5, 0.6) is 5.75 Å². The highest BCUT2D eigenvalue weighted by Crippen LogP contribution is 2.27. The SMILES string of the molecule is COc1cc(C(=O)NC(=O)[C@@H](N)CC(C)C)cc2ccccc12. The predicted molar refractivity (Wildman–Crippen MR) is 90.4 cm³/mol. The summed E-state index contributed by atoms with van der Waals surface area (Å²) in [6.07, 6.45) is 0.528. The molecular weight excluding hydrogens is 292 g/mol. The summed E-state index contributed by atoms with van der Waals surface area (Å²) < 4.78 is 5.33. The summed E-state index contributed by atoms with van der Waals surface area (Å²) in [4.78, 5) is 24.3. The van der Waals surface area contributed by atoms with Crippen LogP contribution in [0.2, 0.25) is 0 Å². The van der Waals surface area contributed by atoms with Crippen molar-refractivity contribution in [2.45, 2.75) is 26.3 Å². The minimum atomic E-state index is -0.693. The van der Waals surface area contributed by atoms with Crippen molar-refractivity contribution in [3.63, 3.8) is 0 Å². The summed E-state index contributed by atoms with van der Waals surface area (Å²) >= 11 is 0. The van der Waals surface area contributed by atoms with Crippen LogP contribution in [0.25, 0.3) is 10.8 Å². The Balaban J connectivity index is 2.22. The Bertz CT molecular complexity index is 725. The molecule has 5 nitrogen and oxygen atoms in total. The van der Waals surface area contributed by atoms with E-state index in [1.165, 1.54) is 0 Å². The van der Waals surface area contributed by atoms with Crippen molar-refractivity contribution in [1.29, 1.82) is 0 Å². The number of benzene rings is 2. The van der Waals surface area contributed by atoms with Gasteiger partial charge in [-0.1, -0.05) is 38.1 Å². The molecule has 2 rings (SSSR count). The Morgan fingerprint density at radius 3 is 2.57 bits per heavy atom. The first-order chi connectivity index (χ1) is 10.9. The van der Waals surface area contributed by atoms with Gasteiger partial charge in [-0.25, -0.2) is 0 Å². The molecule has 3 N–H and O–H groups in total. The summed E-state index contributed by atoms with van der Waals surface area (Å²) in [7, 11) is 1.55. The van der Waals surface area contributed by atoms with Gasteiger partial charge in [-0.2, -0.15) is 0 Å². The average Bonchev–Trinajstić information content (AvgIpc) is 2.52. The van der Waals surface area contributed by atoms with Crippen molar-refractivity contribution >= 4 is 22.6 Å². The molecular formula is C18H22N2O3. The predicted octanol–water partition coefficient (Wildman–Crippen LogP) is 2.48. The molecule has 122 valence electrons. The Morgan fingerprint density at radius 2 is 1.91 bits per heavy atom. The number of ether oxygens (including phenoxy) is 1. The Hall–Kier alpha value is -2.40. The number of fused-ring (bicyclic) bond motifs is 1. The highest BCUT2D eigenvalue weighted by Gasteiger charge is 2.19. The third-order valence-electron chi connectivity index (χ3n) is 3.60. The van der Waals surface area contributed by atoms with E-state index in [1.54, 1.807) is 19.2 Å². The summed E-state index contributed by atoms with van der Waals surface area (Å²) in [5, 5.41) is 4.14. The number of hydrogen-bond acceptors (Lipinski definition) is 4. The molecule has 23 heavy (non-hydrogen) atoms. The van der Waals surface area contributed by atoms with Crippen molar-refractivity contribution in [2.24, 2.45) is 11.7 Å². The first-order valence-electron chi connectivity index (χ1n) is 7.60. The van der Waals surface area contributed by atoms with Crippen LogP contribution in [0.4, 0.5) is 0 Å². The van der Waals surface area contributed by atoms with E-state index in [1.807, 2.05) is 38.1 Å². The van der Waals surface area contributed by atoms with Crippen LogP contribution in [0.3, 0.4) is 0 Å². The number of methoxy groups -OCH3 is 1. The molecule has 0 saturated carbocycles. The van der Waals surface area contributed by atoms with Gasteiger partial charge in [0.1, 0.15) is 5.75 Å². The number of nitrogens with two attached hydrogens (primary N) is 1.